The maximum Gasteiger partial charge on any atom is 0.136 e. The van der Waals surface area contributed by atoms with E-state index in [-0.39, 0.29) is 0 Å². The molecule has 0 aromatic rings. The molecule has 0 unspecified atom stereocenters. The van der Waals surface area contributed by atoms with Gasteiger partial charge in [0, 0.05) is 37.0 Å². The maximum absolute atomic E-state index is 12.1. The Hall–Kier alpha value is -1.05. The summed E-state index contributed by atoms with van der Waals surface area (Å²) in [7, 11) is 0. The number of rotatable bonds is 1. The summed E-state index contributed by atoms with van der Waals surface area (Å²) >= 11 is 0. The number of nitrogens with zero attached hydrogens (tertiary/aromatic N) is 1. The molecule has 0 aromatic carbocycles. The lowest BCUT2D eigenvalue weighted by atomic mass is 9.46. The molecule has 0 spiro atoms. The van der Waals surface area contributed by atoms with Gasteiger partial charge in [0.1, 0.15) is 5.78 Å². The second-order valence-electron chi connectivity index (χ2n) is 10.8. The Bertz CT molecular complexity index is 699. The van der Waals surface area contributed by atoms with Gasteiger partial charge in [-0.2, -0.15) is 0 Å². The minimum absolute atomic E-state index is 0.292. The lowest BCUT2D eigenvalue weighted by Crippen LogP contribution is -2.53. The van der Waals surface area contributed by atoms with Crippen LogP contribution in [0, 0.1) is 34.5 Å². The lowest BCUT2D eigenvalue weighted by molar-refractivity contribution is -0.122. The summed E-state index contributed by atoms with van der Waals surface area (Å²) in [4.78, 5) is 14.9. The minimum atomic E-state index is 0.292. The van der Waals surface area contributed by atoms with E-state index in [4.69, 9.17) is 0 Å². The van der Waals surface area contributed by atoms with E-state index in [0.29, 0.717) is 22.5 Å². The topological polar surface area (TPSA) is 20.3 Å². The van der Waals surface area contributed by atoms with E-state index in [0.717, 1.165) is 37.0 Å². The number of hydrogen-bond donors (Lipinski definition) is 0. The Kier molecular flexibility index (Phi) is 4.15. The fraction of sp³-hybridized carbons (Fsp3) is 0.800. The molecule has 148 valence electrons. The molecule has 5 rings (SSSR count). The molecule has 2 nitrogen and oxygen atoms in total. The number of carbonyl (C=O) groups is 1. The monoisotopic (exact) mass is 367 g/mol. The van der Waals surface area contributed by atoms with Gasteiger partial charge >= 0.3 is 0 Å². The quantitative estimate of drug-likeness (QED) is 0.550. The average Bonchev–Trinajstić information content (AvgIpc) is 3.01. The van der Waals surface area contributed by atoms with Crippen LogP contribution < -0.4 is 0 Å². The third kappa shape index (κ3) is 2.54. The van der Waals surface area contributed by atoms with E-state index < -0.39 is 0 Å². The van der Waals surface area contributed by atoms with Crippen molar-refractivity contribution in [3.63, 3.8) is 0 Å². The molecule has 5 aliphatic rings. The van der Waals surface area contributed by atoms with Gasteiger partial charge < -0.3 is 4.90 Å². The largest absolute Gasteiger partial charge is 0.375 e. The summed E-state index contributed by atoms with van der Waals surface area (Å²) in [6, 6.07) is 0. The number of piperidine rings is 1. The van der Waals surface area contributed by atoms with Crippen LogP contribution in [0.1, 0.15) is 78.6 Å². The van der Waals surface area contributed by atoms with Crippen molar-refractivity contribution in [2.75, 3.05) is 13.1 Å². The van der Waals surface area contributed by atoms with Crippen LogP contribution in [0.4, 0.5) is 0 Å². The average molecular weight is 368 g/mol. The van der Waals surface area contributed by atoms with Crippen molar-refractivity contribution in [2.45, 2.75) is 78.6 Å². The lowest BCUT2D eigenvalue weighted by Gasteiger charge is -2.59. The Morgan fingerprint density at radius 1 is 1.04 bits per heavy atom. The van der Waals surface area contributed by atoms with Crippen molar-refractivity contribution in [3.8, 4) is 0 Å². The smallest absolute Gasteiger partial charge is 0.136 e. The van der Waals surface area contributed by atoms with Gasteiger partial charge in [-0.15, -0.1) is 0 Å². The molecular formula is C25H37NO. The van der Waals surface area contributed by atoms with Crippen molar-refractivity contribution < 1.29 is 4.79 Å². The van der Waals surface area contributed by atoms with Gasteiger partial charge in [-0.1, -0.05) is 38.5 Å². The van der Waals surface area contributed by atoms with E-state index in [1.54, 1.807) is 5.70 Å². The van der Waals surface area contributed by atoms with Crippen molar-refractivity contribution in [1.82, 2.24) is 4.90 Å². The molecule has 0 radical (unpaired) electrons. The predicted molar refractivity (Wildman–Crippen MR) is 110 cm³/mol. The highest BCUT2D eigenvalue weighted by Crippen LogP contribution is 2.66. The maximum atomic E-state index is 12.1. The van der Waals surface area contributed by atoms with Crippen LogP contribution in [0.3, 0.4) is 0 Å². The van der Waals surface area contributed by atoms with Gasteiger partial charge in [0.15, 0.2) is 0 Å². The number of likely N-dealkylation sites (tertiary alicyclic amines) is 1. The Morgan fingerprint density at radius 2 is 1.81 bits per heavy atom. The normalized spacial score (nSPS) is 46.9. The summed E-state index contributed by atoms with van der Waals surface area (Å²) in [5.41, 5.74) is 3.88. The van der Waals surface area contributed by atoms with E-state index in [9.17, 15) is 4.79 Å². The summed E-state index contributed by atoms with van der Waals surface area (Å²) in [5, 5.41) is 0. The third-order valence-electron chi connectivity index (χ3n) is 9.50. The van der Waals surface area contributed by atoms with Crippen molar-refractivity contribution in [1.29, 1.82) is 0 Å². The van der Waals surface area contributed by atoms with Crippen LogP contribution >= 0.6 is 0 Å². The van der Waals surface area contributed by atoms with Crippen LogP contribution in [-0.2, 0) is 4.79 Å². The van der Waals surface area contributed by atoms with Gasteiger partial charge in [0.2, 0.25) is 0 Å². The highest BCUT2D eigenvalue weighted by Gasteiger charge is 2.58. The number of fused-ring (bicyclic) bond motifs is 5. The third-order valence-corrected chi connectivity index (χ3v) is 9.50. The molecule has 0 aromatic heterocycles. The first kappa shape index (κ1) is 18.0. The summed E-state index contributed by atoms with van der Waals surface area (Å²) in [5.74, 6) is 3.48. The summed E-state index contributed by atoms with van der Waals surface area (Å²) in [6.07, 6.45) is 16.0. The van der Waals surface area contributed by atoms with Gasteiger partial charge in [-0.3, -0.25) is 4.79 Å². The van der Waals surface area contributed by atoms with Crippen LogP contribution in [0.5, 0.6) is 0 Å². The highest BCUT2D eigenvalue weighted by molar-refractivity contribution is 5.82. The molecule has 6 atom stereocenters. The van der Waals surface area contributed by atoms with E-state index in [1.807, 2.05) is 0 Å². The van der Waals surface area contributed by atoms with Crippen LogP contribution in [0.15, 0.2) is 23.4 Å². The number of hydrogen-bond acceptors (Lipinski definition) is 2. The Morgan fingerprint density at radius 3 is 2.59 bits per heavy atom. The fourth-order valence-electron chi connectivity index (χ4n) is 8.01. The summed E-state index contributed by atoms with van der Waals surface area (Å²) in [6.45, 7) is 10.1. The minimum Gasteiger partial charge on any atom is -0.375 e. The first-order valence-electron chi connectivity index (χ1n) is 11.6. The molecule has 1 heterocycles. The number of carbonyl (C=O) groups excluding carboxylic acids is 1. The van der Waals surface area contributed by atoms with E-state index in [1.165, 1.54) is 57.2 Å². The molecule has 1 aliphatic heterocycles. The first-order chi connectivity index (χ1) is 12.9. The van der Waals surface area contributed by atoms with Crippen LogP contribution in [-0.4, -0.2) is 23.8 Å². The van der Waals surface area contributed by atoms with Gasteiger partial charge in [0.05, 0.1) is 0 Å². The molecule has 1 saturated heterocycles. The fourth-order valence-corrected chi connectivity index (χ4v) is 8.01. The molecule has 2 saturated carbocycles. The number of allylic oxidation sites excluding steroid dienone is 4. The molecular weight excluding hydrogens is 330 g/mol. The van der Waals surface area contributed by atoms with Crippen LogP contribution in [0.2, 0.25) is 0 Å². The molecule has 3 fully saturated rings. The number of ketones is 1. The first-order valence-corrected chi connectivity index (χ1v) is 11.6. The molecule has 0 N–H and O–H groups in total. The van der Waals surface area contributed by atoms with E-state index >= 15 is 0 Å². The zero-order chi connectivity index (χ0) is 18.8. The zero-order valence-corrected chi connectivity index (χ0v) is 17.6. The molecule has 27 heavy (non-hydrogen) atoms. The van der Waals surface area contributed by atoms with Crippen molar-refractivity contribution in [2.24, 2.45) is 34.5 Å². The zero-order valence-electron chi connectivity index (χ0n) is 17.6. The van der Waals surface area contributed by atoms with Crippen LogP contribution in [0.25, 0.3) is 0 Å². The highest BCUT2D eigenvalue weighted by atomic mass is 16.1. The molecule has 0 bridgehead atoms. The second kappa shape index (κ2) is 6.22. The standard InChI is InChI=1S/C25H37NO/c1-17-15-18-16-19(27)9-11-24(18,2)21-10-12-25(3)20(23(17)21)7-8-22(25)26-13-5-4-6-14-26/h8,15,17,20-21,23H,4-7,9-14,16H2,1-3H3/t17-,20+,21+,23+,24+,25+/m1/s1. The van der Waals surface area contributed by atoms with Gasteiger partial charge in [0.25, 0.3) is 0 Å². The van der Waals surface area contributed by atoms with Gasteiger partial charge in [-0.05, 0) is 74.0 Å². The Labute approximate surface area is 165 Å². The van der Waals surface area contributed by atoms with Gasteiger partial charge in [-0.25, -0.2) is 0 Å². The van der Waals surface area contributed by atoms with Crippen molar-refractivity contribution in [3.05, 3.63) is 23.4 Å². The predicted octanol–water partition coefficient (Wildman–Crippen LogP) is 5.74. The molecule has 2 heteroatoms. The number of Topliss-reactive ketones (excluding diaryl/α,β-unsaturated/α-hetero) is 1. The second-order valence-corrected chi connectivity index (χ2v) is 10.8. The SMILES string of the molecule is C[C@@H]1C=C2CC(=O)CC[C@]2(C)[C@H]2CC[C@]3(C)C(N4CCCCC4)=CC[C@H]3[C@H]12. The van der Waals surface area contributed by atoms with Crippen molar-refractivity contribution >= 4 is 5.78 Å². The van der Waals surface area contributed by atoms with E-state index in [2.05, 4.69) is 37.8 Å². The Balaban J connectivity index is 1.47. The summed E-state index contributed by atoms with van der Waals surface area (Å²) < 4.78 is 0. The molecule has 0 amide bonds. The molecule has 4 aliphatic carbocycles.